The number of nitrogens with one attached hydrogen (secondary N) is 2. The highest BCUT2D eigenvalue weighted by atomic mass is 16.6. The van der Waals surface area contributed by atoms with Gasteiger partial charge in [0, 0.05) is 23.7 Å². The van der Waals surface area contributed by atoms with Crippen molar-refractivity contribution >= 4 is 17.3 Å². The molecular formula is C13H17N3O3. The molecule has 2 N–H and O–H groups in total. The van der Waals surface area contributed by atoms with E-state index < -0.39 is 4.92 Å². The summed E-state index contributed by atoms with van der Waals surface area (Å²) in [6, 6.07) is 4.47. The van der Waals surface area contributed by atoms with Crippen molar-refractivity contribution in [2.75, 3.05) is 18.4 Å². The van der Waals surface area contributed by atoms with Crippen molar-refractivity contribution in [3.63, 3.8) is 0 Å². The zero-order valence-electron chi connectivity index (χ0n) is 10.8. The van der Waals surface area contributed by atoms with Crippen molar-refractivity contribution in [1.82, 2.24) is 5.32 Å². The molecule has 0 atom stereocenters. The van der Waals surface area contributed by atoms with E-state index in [9.17, 15) is 14.9 Å². The van der Waals surface area contributed by atoms with Gasteiger partial charge in [0.25, 0.3) is 5.69 Å². The third-order valence-corrected chi connectivity index (χ3v) is 3.39. The predicted octanol–water partition coefficient (Wildman–Crippen LogP) is 1.84. The second-order valence-corrected chi connectivity index (χ2v) is 4.77. The van der Waals surface area contributed by atoms with Gasteiger partial charge in [0.2, 0.25) is 5.91 Å². The van der Waals surface area contributed by atoms with Crippen LogP contribution < -0.4 is 10.6 Å². The van der Waals surface area contributed by atoms with Gasteiger partial charge in [-0.1, -0.05) is 0 Å². The minimum Gasteiger partial charge on any atom is -0.326 e. The van der Waals surface area contributed by atoms with Crippen LogP contribution in [0.1, 0.15) is 18.4 Å². The SMILES string of the molecule is Cc1cc([N+](=O)[O-])ccc1NC(=O)C1CCNCC1. The first-order valence-electron chi connectivity index (χ1n) is 6.34. The van der Waals surface area contributed by atoms with Crippen LogP contribution in [0.25, 0.3) is 0 Å². The van der Waals surface area contributed by atoms with E-state index in [4.69, 9.17) is 0 Å². The Hall–Kier alpha value is -1.95. The quantitative estimate of drug-likeness (QED) is 0.643. The van der Waals surface area contributed by atoms with Crippen LogP contribution in [-0.2, 0) is 4.79 Å². The van der Waals surface area contributed by atoms with E-state index in [0.717, 1.165) is 25.9 Å². The molecule has 0 saturated carbocycles. The topological polar surface area (TPSA) is 84.3 Å². The maximum absolute atomic E-state index is 12.1. The van der Waals surface area contributed by atoms with Crippen LogP contribution in [0, 0.1) is 23.0 Å². The highest BCUT2D eigenvalue weighted by molar-refractivity contribution is 5.93. The van der Waals surface area contributed by atoms with Gasteiger partial charge in [-0.2, -0.15) is 0 Å². The number of nitro benzene ring substituents is 1. The summed E-state index contributed by atoms with van der Waals surface area (Å²) in [6.45, 7) is 3.47. The third kappa shape index (κ3) is 3.29. The number of hydrogen-bond donors (Lipinski definition) is 2. The average Bonchev–Trinajstić information content (AvgIpc) is 2.41. The Morgan fingerprint density at radius 2 is 2.11 bits per heavy atom. The first-order valence-corrected chi connectivity index (χ1v) is 6.34. The molecule has 1 aromatic rings. The lowest BCUT2D eigenvalue weighted by molar-refractivity contribution is -0.384. The molecule has 1 fully saturated rings. The summed E-state index contributed by atoms with van der Waals surface area (Å²) < 4.78 is 0. The predicted molar refractivity (Wildman–Crippen MR) is 72.1 cm³/mol. The standard InChI is InChI=1S/C13H17N3O3/c1-9-8-11(16(18)19)2-3-12(9)15-13(17)10-4-6-14-7-5-10/h2-3,8,10,14H,4-7H2,1H3,(H,15,17). The molecule has 0 spiro atoms. The van der Waals surface area contributed by atoms with Crippen LogP contribution in [0.2, 0.25) is 0 Å². The molecule has 2 rings (SSSR count). The number of aryl methyl sites for hydroxylation is 1. The third-order valence-electron chi connectivity index (χ3n) is 3.39. The Labute approximate surface area is 111 Å². The van der Waals surface area contributed by atoms with Crippen LogP contribution in [0.15, 0.2) is 18.2 Å². The van der Waals surface area contributed by atoms with Crippen molar-refractivity contribution in [3.8, 4) is 0 Å². The lowest BCUT2D eigenvalue weighted by Crippen LogP contribution is -2.34. The van der Waals surface area contributed by atoms with Crippen LogP contribution in [0.4, 0.5) is 11.4 Å². The molecule has 102 valence electrons. The van der Waals surface area contributed by atoms with E-state index in [2.05, 4.69) is 10.6 Å². The normalized spacial score (nSPS) is 16.1. The number of amides is 1. The van der Waals surface area contributed by atoms with Gasteiger partial charge in [0.1, 0.15) is 0 Å². The fraction of sp³-hybridized carbons (Fsp3) is 0.462. The number of hydrogen-bond acceptors (Lipinski definition) is 4. The highest BCUT2D eigenvalue weighted by Gasteiger charge is 2.21. The number of rotatable bonds is 3. The number of benzene rings is 1. The number of carbonyl (C=O) groups is 1. The second-order valence-electron chi connectivity index (χ2n) is 4.77. The molecule has 0 unspecified atom stereocenters. The minimum atomic E-state index is -0.439. The molecule has 1 aromatic carbocycles. The first-order chi connectivity index (χ1) is 9.08. The Kier molecular flexibility index (Phi) is 4.11. The summed E-state index contributed by atoms with van der Waals surface area (Å²) >= 11 is 0. The molecule has 6 nitrogen and oxygen atoms in total. The maximum atomic E-state index is 12.1. The molecule has 0 aliphatic carbocycles. The molecule has 0 bridgehead atoms. The van der Waals surface area contributed by atoms with Crippen molar-refractivity contribution < 1.29 is 9.72 Å². The van der Waals surface area contributed by atoms with Crippen molar-refractivity contribution in [3.05, 3.63) is 33.9 Å². The number of carbonyl (C=O) groups excluding carboxylic acids is 1. The smallest absolute Gasteiger partial charge is 0.269 e. The Bertz CT molecular complexity index is 496. The van der Waals surface area contributed by atoms with Crippen molar-refractivity contribution in [2.45, 2.75) is 19.8 Å². The van der Waals surface area contributed by atoms with Gasteiger partial charge < -0.3 is 10.6 Å². The molecule has 6 heteroatoms. The number of piperidine rings is 1. The molecule has 1 heterocycles. The summed E-state index contributed by atoms with van der Waals surface area (Å²) in [5.74, 6) is 0.0225. The minimum absolute atomic E-state index is 0.00143. The second kappa shape index (κ2) is 5.79. The molecule has 0 aromatic heterocycles. The van der Waals surface area contributed by atoms with E-state index in [1.54, 1.807) is 13.0 Å². The summed E-state index contributed by atoms with van der Waals surface area (Å²) in [4.78, 5) is 22.3. The van der Waals surface area contributed by atoms with E-state index in [-0.39, 0.29) is 17.5 Å². The van der Waals surface area contributed by atoms with Gasteiger partial charge >= 0.3 is 0 Å². The zero-order valence-corrected chi connectivity index (χ0v) is 10.8. The fourth-order valence-electron chi connectivity index (χ4n) is 2.22. The lowest BCUT2D eigenvalue weighted by atomic mass is 9.97. The highest BCUT2D eigenvalue weighted by Crippen LogP contribution is 2.22. The van der Waals surface area contributed by atoms with Crippen LogP contribution in [0.3, 0.4) is 0 Å². The van der Waals surface area contributed by atoms with Gasteiger partial charge in [-0.3, -0.25) is 14.9 Å². The van der Waals surface area contributed by atoms with E-state index in [0.29, 0.717) is 11.3 Å². The van der Waals surface area contributed by atoms with E-state index in [1.165, 1.54) is 12.1 Å². The lowest BCUT2D eigenvalue weighted by Gasteiger charge is -2.22. The molecule has 0 radical (unpaired) electrons. The fourth-order valence-corrected chi connectivity index (χ4v) is 2.22. The molecule has 1 aliphatic heterocycles. The van der Waals surface area contributed by atoms with Crippen LogP contribution >= 0.6 is 0 Å². The van der Waals surface area contributed by atoms with Gasteiger partial charge in [-0.05, 0) is 44.5 Å². The first kappa shape index (κ1) is 13.5. The monoisotopic (exact) mass is 263 g/mol. The molecular weight excluding hydrogens is 246 g/mol. The Balaban J connectivity index is 2.06. The molecule has 1 saturated heterocycles. The van der Waals surface area contributed by atoms with Crippen molar-refractivity contribution in [2.24, 2.45) is 5.92 Å². The van der Waals surface area contributed by atoms with Gasteiger partial charge in [0.05, 0.1) is 4.92 Å². The number of nitro groups is 1. The summed E-state index contributed by atoms with van der Waals surface area (Å²) in [5.41, 5.74) is 1.39. The van der Waals surface area contributed by atoms with Gasteiger partial charge in [0.15, 0.2) is 0 Å². The number of non-ortho nitro benzene ring substituents is 1. The number of nitrogens with zero attached hydrogens (tertiary/aromatic N) is 1. The van der Waals surface area contributed by atoms with E-state index >= 15 is 0 Å². The zero-order chi connectivity index (χ0) is 13.8. The summed E-state index contributed by atoms with van der Waals surface area (Å²) in [7, 11) is 0. The maximum Gasteiger partial charge on any atom is 0.269 e. The van der Waals surface area contributed by atoms with Gasteiger partial charge in [-0.15, -0.1) is 0 Å². The Morgan fingerprint density at radius 1 is 1.42 bits per heavy atom. The Morgan fingerprint density at radius 3 is 2.68 bits per heavy atom. The number of anilines is 1. The largest absolute Gasteiger partial charge is 0.326 e. The molecule has 1 aliphatic rings. The molecule has 1 amide bonds. The summed E-state index contributed by atoms with van der Waals surface area (Å²) in [6.07, 6.45) is 1.66. The average molecular weight is 263 g/mol. The van der Waals surface area contributed by atoms with Gasteiger partial charge in [-0.25, -0.2) is 0 Å². The summed E-state index contributed by atoms with van der Waals surface area (Å²) in [5, 5.41) is 16.7. The van der Waals surface area contributed by atoms with Crippen molar-refractivity contribution in [1.29, 1.82) is 0 Å². The molecule has 19 heavy (non-hydrogen) atoms. The van der Waals surface area contributed by atoms with Crippen LogP contribution in [-0.4, -0.2) is 23.9 Å². The van der Waals surface area contributed by atoms with Crippen LogP contribution in [0.5, 0.6) is 0 Å². The van der Waals surface area contributed by atoms with E-state index in [1.807, 2.05) is 0 Å².